The van der Waals surface area contributed by atoms with Gasteiger partial charge in [0.15, 0.2) is 5.76 Å². The van der Waals surface area contributed by atoms with Crippen LogP contribution in [0.3, 0.4) is 0 Å². The summed E-state index contributed by atoms with van der Waals surface area (Å²) in [6.45, 7) is 2.12. The van der Waals surface area contributed by atoms with E-state index in [0.29, 0.717) is 22.4 Å². The van der Waals surface area contributed by atoms with E-state index in [1.54, 1.807) is 36.5 Å². The third kappa shape index (κ3) is 3.16. The van der Waals surface area contributed by atoms with Crippen molar-refractivity contribution in [3.05, 3.63) is 107 Å². The first-order chi connectivity index (χ1) is 13.6. The zero-order valence-corrected chi connectivity index (χ0v) is 15.3. The van der Waals surface area contributed by atoms with Crippen molar-refractivity contribution in [1.82, 2.24) is 9.88 Å². The van der Waals surface area contributed by atoms with E-state index in [4.69, 9.17) is 0 Å². The lowest BCUT2D eigenvalue weighted by Crippen LogP contribution is -2.30. The Morgan fingerprint density at radius 2 is 1.75 bits per heavy atom. The van der Waals surface area contributed by atoms with Crippen molar-refractivity contribution < 1.29 is 14.3 Å². The summed E-state index contributed by atoms with van der Waals surface area (Å²) in [6, 6.07) is 18.5. The number of carbonyl (C=O) groups excluding carboxylic acids is 1. The molecule has 2 heterocycles. The van der Waals surface area contributed by atoms with Crippen LogP contribution in [0.25, 0.3) is 5.57 Å². The zero-order valence-electron chi connectivity index (χ0n) is 15.3. The standard InChI is InChI=1S/C23H19FN2O2/c1-15-9-11-16(12-10-15)20-21(18-7-2-3-8-19(18)24)26(23(28)22(20)27)14-17-6-4-5-13-25-17/h2-13,21,27H,14H2,1H3. The van der Waals surface area contributed by atoms with Crippen LogP contribution in [0.4, 0.5) is 4.39 Å². The Hall–Kier alpha value is -3.47. The van der Waals surface area contributed by atoms with E-state index >= 15 is 0 Å². The smallest absolute Gasteiger partial charge is 0.290 e. The fraction of sp³-hybridized carbons (Fsp3) is 0.130. The summed E-state index contributed by atoms with van der Waals surface area (Å²) >= 11 is 0. The van der Waals surface area contributed by atoms with Gasteiger partial charge in [-0.25, -0.2) is 4.39 Å². The van der Waals surface area contributed by atoms with Crippen LogP contribution < -0.4 is 0 Å². The fourth-order valence-electron chi connectivity index (χ4n) is 3.53. The third-order valence-electron chi connectivity index (χ3n) is 4.92. The van der Waals surface area contributed by atoms with E-state index in [-0.39, 0.29) is 12.3 Å². The summed E-state index contributed by atoms with van der Waals surface area (Å²) in [4.78, 5) is 18.7. The number of amides is 1. The second-order valence-electron chi connectivity index (χ2n) is 6.81. The van der Waals surface area contributed by atoms with Crippen LogP contribution in [0.1, 0.15) is 28.4 Å². The molecule has 28 heavy (non-hydrogen) atoms. The maximum absolute atomic E-state index is 14.7. The van der Waals surface area contributed by atoms with Crippen molar-refractivity contribution in [2.75, 3.05) is 0 Å². The highest BCUT2D eigenvalue weighted by Gasteiger charge is 2.42. The molecule has 1 atom stereocenters. The number of carbonyl (C=O) groups is 1. The maximum atomic E-state index is 14.7. The predicted octanol–water partition coefficient (Wildman–Crippen LogP) is 4.58. The molecule has 1 N–H and O–H groups in total. The van der Waals surface area contributed by atoms with Crippen LogP contribution in [0.2, 0.25) is 0 Å². The average Bonchev–Trinajstić information content (AvgIpc) is 2.95. The summed E-state index contributed by atoms with van der Waals surface area (Å²) in [5.41, 5.74) is 3.15. The Bertz CT molecular complexity index is 1050. The SMILES string of the molecule is Cc1ccc(C2=C(O)C(=O)N(Cc3ccccn3)C2c2ccccc2F)cc1. The molecule has 1 aromatic heterocycles. The van der Waals surface area contributed by atoms with Gasteiger partial charge in [-0.2, -0.15) is 0 Å². The molecule has 5 heteroatoms. The van der Waals surface area contributed by atoms with E-state index in [1.807, 2.05) is 37.3 Å². The minimum absolute atomic E-state index is 0.165. The second-order valence-corrected chi connectivity index (χ2v) is 6.81. The summed E-state index contributed by atoms with van der Waals surface area (Å²) in [6.07, 6.45) is 1.64. The highest BCUT2D eigenvalue weighted by atomic mass is 19.1. The van der Waals surface area contributed by atoms with Gasteiger partial charge >= 0.3 is 0 Å². The summed E-state index contributed by atoms with van der Waals surface area (Å²) in [7, 11) is 0. The topological polar surface area (TPSA) is 53.4 Å². The molecular formula is C23H19FN2O2. The highest BCUT2D eigenvalue weighted by Crippen LogP contribution is 2.44. The molecule has 0 radical (unpaired) electrons. The number of aryl methyl sites for hydroxylation is 1. The molecule has 0 saturated heterocycles. The minimum atomic E-state index is -0.738. The first kappa shape index (κ1) is 17.9. The number of halogens is 1. The molecule has 0 spiro atoms. The van der Waals surface area contributed by atoms with E-state index in [0.717, 1.165) is 5.56 Å². The van der Waals surface area contributed by atoms with E-state index in [2.05, 4.69) is 4.98 Å². The molecule has 2 aromatic carbocycles. The molecule has 0 aliphatic carbocycles. The molecule has 1 amide bonds. The summed E-state index contributed by atoms with van der Waals surface area (Å²) in [5.74, 6) is -1.31. The lowest BCUT2D eigenvalue weighted by Gasteiger charge is -2.27. The Morgan fingerprint density at radius 3 is 2.43 bits per heavy atom. The third-order valence-corrected chi connectivity index (χ3v) is 4.92. The number of aliphatic hydroxyl groups excluding tert-OH is 1. The molecule has 1 aliphatic rings. The van der Waals surface area contributed by atoms with Crippen molar-refractivity contribution in [3.63, 3.8) is 0 Å². The van der Waals surface area contributed by atoms with Gasteiger partial charge in [0.25, 0.3) is 5.91 Å². The van der Waals surface area contributed by atoms with Gasteiger partial charge in [-0.3, -0.25) is 9.78 Å². The van der Waals surface area contributed by atoms with Crippen molar-refractivity contribution in [2.45, 2.75) is 19.5 Å². The Morgan fingerprint density at radius 1 is 1.04 bits per heavy atom. The lowest BCUT2D eigenvalue weighted by molar-refractivity contribution is -0.130. The largest absolute Gasteiger partial charge is 0.503 e. The minimum Gasteiger partial charge on any atom is -0.503 e. The molecule has 140 valence electrons. The van der Waals surface area contributed by atoms with Crippen LogP contribution in [-0.4, -0.2) is 20.9 Å². The molecular weight excluding hydrogens is 355 g/mol. The monoisotopic (exact) mass is 374 g/mol. The van der Waals surface area contributed by atoms with Crippen LogP contribution in [0.5, 0.6) is 0 Å². The quantitative estimate of drug-likeness (QED) is 0.727. The highest BCUT2D eigenvalue weighted by molar-refractivity contribution is 6.05. The van der Waals surface area contributed by atoms with Crippen molar-refractivity contribution in [3.8, 4) is 0 Å². The average molecular weight is 374 g/mol. The molecule has 0 fully saturated rings. The van der Waals surface area contributed by atoms with E-state index in [1.165, 1.54) is 11.0 Å². The zero-order chi connectivity index (χ0) is 19.7. The van der Waals surface area contributed by atoms with Crippen LogP contribution in [0, 0.1) is 12.7 Å². The number of pyridine rings is 1. The fourth-order valence-corrected chi connectivity index (χ4v) is 3.53. The Labute approximate surface area is 162 Å². The van der Waals surface area contributed by atoms with Crippen molar-refractivity contribution >= 4 is 11.5 Å². The number of aliphatic hydroxyl groups is 1. The summed E-state index contributed by atoms with van der Waals surface area (Å²) in [5, 5.41) is 10.7. The molecule has 1 aliphatic heterocycles. The molecule has 4 nitrogen and oxygen atoms in total. The Kier molecular flexibility index (Phi) is 4.65. The molecule has 1 unspecified atom stereocenters. The Balaban J connectivity index is 1.84. The second kappa shape index (κ2) is 7.27. The van der Waals surface area contributed by atoms with Crippen LogP contribution in [-0.2, 0) is 11.3 Å². The van der Waals surface area contributed by atoms with Gasteiger partial charge in [-0.05, 0) is 30.7 Å². The first-order valence-corrected chi connectivity index (χ1v) is 9.01. The van der Waals surface area contributed by atoms with Crippen molar-refractivity contribution in [2.24, 2.45) is 0 Å². The number of rotatable bonds is 4. The lowest BCUT2D eigenvalue weighted by atomic mass is 9.92. The molecule has 4 rings (SSSR count). The number of hydrogen-bond acceptors (Lipinski definition) is 3. The number of nitrogens with zero attached hydrogens (tertiary/aromatic N) is 2. The number of hydrogen-bond donors (Lipinski definition) is 1. The molecule has 0 bridgehead atoms. The van der Waals surface area contributed by atoms with E-state index < -0.39 is 17.8 Å². The summed E-state index contributed by atoms with van der Waals surface area (Å²) < 4.78 is 14.7. The predicted molar refractivity (Wildman–Crippen MR) is 105 cm³/mol. The van der Waals surface area contributed by atoms with Gasteiger partial charge in [0.05, 0.1) is 18.3 Å². The van der Waals surface area contributed by atoms with Gasteiger partial charge < -0.3 is 10.0 Å². The van der Waals surface area contributed by atoms with Crippen LogP contribution in [0.15, 0.2) is 78.7 Å². The number of benzene rings is 2. The van der Waals surface area contributed by atoms with E-state index in [9.17, 15) is 14.3 Å². The van der Waals surface area contributed by atoms with Crippen molar-refractivity contribution in [1.29, 1.82) is 0 Å². The maximum Gasteiger partial charge on any atom is 0.290 e. The van der Waals surface area contributed by atoms with Gasteiger partial charge in [-0.15, -0.1) is 0 Å². The van der Waals surface area contributed by atoms with Gasteiger partial charge in [0.2, 0.25) is 0 Å². The van der Waals surface area contributed by atoms with Gasteiger partial charge in [0, 0.05) is 17.3 Å². The molecule has 3 aromatic rings. The van der Waals surface area contributed by atoms with Gasteiger partial charge in [-0.1, -0.05) is 54.1 Å². The van der Waals surface area contributed by atoms with Crippen LogP contribution >= 0.6 is 0 Å². The normalized spacial score (nSPS) is 16.7. The first-order valence-electron chi connectivity index (χ1n) is 9.01. The van der Waals surface area contributed by atoms with Gasteiger partial charge in [0.1, 0.15) is 5.82 Å². The molecule has 0 saturated carbocycles. The number of aromatic nitrogens is 1.